The molecular weight excluding hydrogens is 320 g/mol. The summed E-state index contributed by atoms with van der Waals surface area (Å²) in [4.78, 5) is 18.4. The maximum atomic E-state index is 12.5. The summed E-state index contributed by atoms with van der Waals surface area (Å²) in [7, 11) is 0. The number of hydrogen-bond acceptors (Lipinski definition) is 4. The van der Waals surface area contributed by atoms with Gasteiger partial charge in [0.05, 0.1) is 0 Å². The van der Waals surface area contributed by atoms with Crippen molar-refractivity contribution in [3.8, 4) is 0 Å². The molecule has 0 unspecified atom stereocenters. The first-order valence-corrected chi connectivity index (χ1v) is 10.3. The molecule has 1 aromatic rings. The summed E-state index contributed by atoms with van der Waals surface area (Å²) in [6.07, 6.45) is 6.71. The fourth-order valence-electron chi connectivity index (χ4n) is 4.05. The van der Waals surface area contributed by atoms with Gasteiger partial charge in [0, 0.05) is 43.5 Å². The third-order valence-electron chi connectivity index (χ3n) is 5.52. The summed E-state index contributed by atoms with van der Waals surface area (Å²) in [6.45, 7) is 5.17. The summed E-state index contributed by atoms with van der Waals surface area (Å²) >= 11 is 1.72. The third-order valence-corrected chi connectivity index (χ3v) is 6.46. The second kappa shape index (κ2) is 8.97. The molecule has 4 nitrogen and oxygen atoms in total. The van der Waals surface area contributed by atoms with Crippen LogP contribution in [-0.4, -0.2) is 60.1 Å². The molecule has 2 fully saturated rings. The van der Waals surface area contributed by atoms with E-state index in [0.717, 1.165) is 26.1 Å². The van der Waals surface area contributed by atoms with Crippen molar-refractivity contribution < 1.29 is 9.90 Å². The normalized spacial score (nSPS) is 25.8. The van der Waals surface area contributed by atoms with Gasteiger partial charge in [-0.2, -0.15) is 0 Å². The molecule has 3 heterocycles. The number of likely N-dealkylation sites (tertiary alicyclic amines) is 2. The van der Waals surface area contributed by atoms with E-state index in [9.17, 15) is 9.90 Å². The van der Waals surface area contributed by atoms with Crippen molar-refractivity contribution in [2.24, 2.45) is 11.8 Å². The Labute approximate surface area is 149 Å². The molecule has 5 heteroatoms. The van der Waals surface area contributed by atoms with Crippen LogP contribution >= 0.6 is 11.3 Å². The molecular formula is C19H30N2O2S. The number of rotatable bonds is 6. The number of nitrogens with zero attached hydrogens (tertiary/aromatic N) is 2. The number of carbonyl (C=O) groups is 1. The van der Waals surface area contributed by atoms with Crippen LogP contribution in [0.2, 0.25) is 0 Å². The zero-order valence-corrected chi connectivity index (χ0v) is 15.3. The van der Waals surface area contributed by atoms with Gasteiger partial charge < -0.3 is 14.9 Å². The average Bonchev–Trinajstić information content (AvgIpc) is 3.18. The molecule has 0 aliphatic carbocycles. The van der Waals surface area contributed by atoms with Gasteiger partial charge in [-0.1, -0.05) is 18.9 Å². The minimum absolute atomic E-state index is 0.202. The monoisotopic (exact) mass is 350 g/mol. The third kappa shape index (κ3) is 4.80. The van der Waals surface area contributed by atoms with Gasteiger partial charge in [0.1, 0.15) is 0 Å². The van der Waals surface area contributed by atoms with Gasteiger partial charge in [0.2, 0.25) is 5.91 Å². The van der Waals surface area contributed by atoms with Gasteiger partial charge in [0.25, 0.3) is 0 Å². The highest BCUT2D eigenvalue weighted by Gasteiger charge is 2.35. The number of aliphatic hydroxyl groups is 1. The van der Waals surface area contributed by atoms with Crippen LogP contribution in [-0.2, 0) is 11.2 Å². The van der Waals surface area contributed by atoms with Gasteiger partial charge in [-0.05, 0) is 49.7 Å². The molecule has 3 rings (SSSR count). The molecule has 2 aliphatic rings. The van der Waals surface area contributed by atoms with E-state index in [4.69, 9.17) is 0 Å². The number of carbonyl (C=O) groups excluding carboxylic acids is 1. The SMILES string of the molecule is O=C(CCc1cccs1)N1C[C@@H](CN2CCCCCC2)[C@@H](CO)C1. The summed E-state index contributed by atoms with van der Waals surface area (Å²) in [6, 6.07) is 4.14. The Bertz CT molecular complexity index is 497. The Morgan fingerprint density at radius 1 is 1.17 bits per heavy atom. The lowest BCUT2D eigenvalue weighted by Crippen LogP contribution is -2.35. The van der Waals surface area contributed by atoms with Crippen molar-refractivity contribution in [2.45, 2.75) is 38.5 Å². The molecule has 24 heavy (non-hydrogen) atoms. The van der Waals surface area contributed by atoms with E-state index in [1.54, 1.807) is 11.3 Å². The van der Waals surface area contributed by atoms with Crippen LogP contribution in [0, 0.1) is 11.8 Å². The number of aliphatic hydroxyl groups excluding tert-OH is 1. The molecule has 0 spiro atoms. The highest BCUT2D eigenvalue weighted by Crippen LogP contribution is 2.26. The van der Waals surface area contributed by atoms with Crippen LogP contribution in [0.4, 0.5) is 0 Å². The Morgan fingerprint density at radius 2 is 1.92 bits per heavy atom. The summed E-state index contributed by atoms with van der Waals surface area (Å²) < 4.78 is 0. The lowest BCUT2D eigenvalue weighted by atomic mass is 9.96. The van der Waals surface area contributed by atoms with E-state index in [0.29, 0.717) is 12.3 Å². The lowest BCUT2D eigenvalue weighted by Gasteiger charge is -2.26. The first-order valence-electron chi connectivity index (χ1n) is 9.39. The zero-order valence-electron chi connectivity index (χ0n) is 14.5. The first kappa shape index (κ1) is 17.9. The first-order chi connectivity index (χ1) is 11.8. The summed E-state index contributed by atoms with van der Waals surface area (Å²) in [5, 5.41) is 11.8. The van der Waals surface area contributed by atoms with Crippen LogP contribution in [0.3, 0.4) is 0 Å². The Hall–Kier alpha value is -0.910. The standard InChI is InChI=1S/C19H30N2O2S/c22-15-17-14-21(19(23)8-7-18-6-5-11-24-18)13-16(17)12-20-9-3-1-2-4-10-20/h5-6,11,16-17,22H,1-4,7-10,12-15H2/t16-,17-/m1/s1. The van der Waals surface area contributed by atoms with Crippen LogP contribution in [0.25, 0.3) is 0 Å². The molecule has 1 N–H and O–H groups in total. The van der Waals surface area contributed by atoms with Crippen molar-refractivity contribution in [2.75, 3.05) is 39.3 Å². The van der Waals surface area contributed by atoms with Crippen LogP contribution in [0.1, 0.15) is 37.0 Å². The van der Waals surface area contributed by atoms with Crippen molar-refractivity contribution in [1.29, 1.82) is 0 Å². The number of hydrogen-bond donors (Lipinski definition) is 1. The maximum absolute atomic E-state index is 12.5. The minimum Gasteiger partial charge on any atom is -0.396 e. The fourth-order valence-corrected chi connectivity index (χ4v) is 4.76. The molecule has 0 aromatic carbocycles. The van der Waals surface area contributed by atoms with Gasteiger partial charge in [-0.25, -0.2) is 0 Å². The molecule has 2 saturated heterocycles. The zero-order chi connectivity index (χ0) is 16.8. The smallest absolute Gasteiger partial charge is 0.222 e. The van der Waals surface area contributed by atoms with Crippen LogP contribution in [0.15, 0.2) is 17.5 Å². The van der Waals surface area contributed by atoms with Crippen molar-refractivity contribution >= 4 is 17.2 Å². The summed E-state index contributed by atoms with van der Waals surface area (Å²) in [5.41, 5.74) is 0. The number of amides is 1. The average molecular weight is 351 g/mol. The van der Waals surface area contributed by atoms with E-state index in [2.05, 4.69) is 16.3 Å². The van der Waals surface area contributed by atoms with Crippen molar-refractivity contribution in [3.05, 3.63) is 22.4 Å². The van der Waals surface area contributed by atoms with Gasteiger partial charge in [-0.15, -0.1) is 11.3 Å². The van der Waals surface area contributed by atoms with Crippen LogP contribution < -0.4 is 0 Å². The predicted molar refractivity (Wildman–Crippen MR) is 98.2 cm³/mol. The van der Waals surface area contributed by atoms with E-state index < -0.39 is 0 Å². The van der Waals surface area contributed by atoms with Gasteiger partial charge >= 0.3 is 0 Å². The molecule has 2 atom stereocenters. The van der Waals surface area contributed by atoms with Crippen molar-refractivity contribution in [1.82, 2.24) is 9.80 Å². The van der Waals surface area contributed by atoms with Gasteiger partial charge in [0.15, 0.2) is 0 Å². The minimum atomic E-state index is 0.202. The topological polar surface area (TPSA) is 43.8 Å². The highest BCUT2D eigenvalue weighted by atomic mass is 32.1. The number of aryl methyl sites for hydroxylation is 1. The molecule has 2 aliphatic heterocycles. The molecule has 134 valence electrons. The van der Waals surface area contributed by atoms with E-state index >= 15 is 0 Å². The van der Waals surface area contributed by atoms with E-state index in [1.165, 1.54) is 43.6 Å². The molecule has 0 saturated carbocycles. The fraction of sp³-hybridized carbons (Fsp3) is 0.737. The second-order valence-electron chi connectivity index (χ2n) is 7.30. The maximum Gasteiger partial charge on any atom is 0.222 e. The van der Waals surface area contributed by atoms with Crippen LogP contribution in [0.5, 0.6) is 0 Å². The quantitative estimate of drug-likeness (QED) is 0.858. The number of thiophene rings is 1. The highest BCUT2D eigenvalue weighted by molar-refractivity contribution is 7.09. The van der Waals surface area contributed by atoms with E-state index in [1.807, 2.05) is 11.0 Å². The molecule has 0 radical (unpaired) electrons. The lowest BCUT2D eigenvalue weighted by molar-refractivity contribution is -0.130. The summed E-state index contributed by atoms with van der Waals surface area (Å²) in [5.74, 6) is 0.929. The van der Waals surface area contributed by atoms with Gasteiger partial charge in [-0.3, -0.25) is 4.79 Å². The van der Waals surface area contributed by atoms with E-state index in [-0.39, 0.29) is 18.4 Å². The molecule has 1 aromatic heterocycles. The largest absolute Gasteiger partial charge is 0.396 e. The Kier molecular flexibility index (Phi) is 6.69. The molecule has 1 amide bonds. The second-order valence-corrected chi connectivity index (χ2v) is 8.33. The Morgan fingerprint density at radius 3 is 2.58 bits per heavy atom. The Balaban J connectivity index is 1.50. The molecule has 0 bridgehead atoms. The van der Waals surface area contributed by atoms with Crippen molar-refractivity contribution in [3.63, 3.8) is 0 Å². The predicted octanol–water partition coefficient (Wildman–Crippen LogP) is 2.62.